The van der Waals surface area contributed by atoms with Gasteiger partial charge in [0.15, 0.2) is 0 Å². The Morgan fingerprint density at radius 2 is 1.71 bits per heavy atom. The summed E-state index contributed by atoms with van der Waals surface area (Å²) in [7, 11) is 0. The van der Waals surface area contributed by atoms with E-state index in [0.29, 0.717) is 25.3 Å². The van der Waals surface area contributed by atoms with Crippen molar-refractivity contribution in [3.05, 3.63) is 0 Å². The molecule has 2 aliphatic carbocycles. The molecule has 0 saturated heterocycles. The Labute approximate surface area is 103 Å². The molecule has 2 amide bonds. The first-order chi connectivity index (χ1) is 8.34. The van der Waals surface area contributed by atoms with Crippen molar-refractivity contribution in [3.63, 3.8) is 0 Å². The number of amides is 2. The summed E-state index contributed by atoms with van der Waals surface area (Å²) in [5.41, 5.74) is 0. The average Bonchev–Trinajstić information content (AvgIpc) is 2.96. The summed E-state index contributed by atoms with van der Waals surface area (Å²) >= 11 is 0. The van der Waals surface area contributed by atoms with Crippen LogP contribution in [0.1, 0.15) is 51.4 Å². The molecule has 4 nitrogen and oxygen atoms in total. The van der Waals surface area contributed by atoms with E-state index in [0.717, 1.165) is 12.8 Å². The van der Waals surface area contributed by atoms with Crippen molar-refractivity contribution in [2.75, 3.05) is 13.2 Å². The van der Waals surface area contributed by atoms with Gasteiger partial charge in [-0.05, 0) is 25.7 Å². The molecule has 2 aliphatic rings. The van der Waals surface area contributed by atoms with E-state index in [1.54, 1.807) is 0 Å². The summed E-state index contributed by atoms with van der Waals surface area (Å²) in [5.74, 6) is 0. The Hall–Kier alpha value is -0.770. The van der Waals surface area contributed by atoms with E-state index in [1.807, 2.05) is 0 Å². The van der Waals surface area contributed by atoms with Gasteiger partial charge in [0.25, 0.3) is 0 Å². The van der Waals surface area contributed by atoms with E-state index in [4.69, 9.17) is 4.74 Å². The van der Waals surface area contributed by atoms with Crippen LogP contribution in [0.25, 0.3) is 0 Å². The van der Waals surface area contributed by atoms with Crippen molar-refractivity contribution >= 4 is 6.03 Å². The third kappa shape index (κ3) is 4.54. The van der Waals surface area contributed by atoms with Crippen LogP contribution >= 0.6 is 0 Å². The van der Waals surface area contributed by atoms with E-state index < -0.39 is 0 Å². The third-order valence-corrected chi connectivity index (χ3v) is 3.73. The summed E-state index contributed by atoms with van der Waals surface area (Å²) in [5, 5.41) is 5.86. The minimum atomic E-state index is -0.0353. The predicted octanol–water partition coefficient (Wildman–Crippen LogP) is 2.19. The van der Waals surface area contributed by atoms with Crippen LogP contribution in [0.2, 0.25) is 0 Å². The molecule has 98 valence electrons. The maximum atomic E-state index is 11.5. The zero-order valence-corrected chi connectivity index (χ0v) is 10.5. The van der Waals surface area contributed by atoms with E-state index in [1.165, 1.54) is 38.5 Å². The summed E-state index contributed by atoms with van der Waals surface area (Å²) < 4.78 is 5.68. The fourth-order valence-electron chi connectivity index (χ4n) is 2.75. The van der Waals surface area contributed by atoms with Gasteiger partial charge in [-0.1, -0.05) is 25.7 Å². The normalized spacial score (nSPS) is 21.9. The molecule has 2 rings (SSSR count). The number of hydrogen-bond donors (Lipinski definition) is 2. The van der Waals surface area contributed by atoms with E-state index >= 15 is 0 Å². The maximum absolute atomic E-state index is 11.5. The summed E-state index contributed by atoms with van der Waals surface area (Å²) in [4.78, 5) is 11.5. The van der Waals surface area contributed by atoms with Gasteiger partial charge >= 0.3 is 6.03 Å². The van der Waals surface area contributed by atoms with Crippen molar-refractivity contribution in [2.45, 2.75) is 63.5 Å². The number of hydrogen-bond acceptors (Lipinski definition) is 2. The topological polar surface area (TPSA) is 50.4 Å². The first kappa shape index (κ1) is 12.7. The highest BCUT2D eigenvalue weighted by Gasteiger charge is 2.17. The minimum absolute atomic E-state index is 0.0353. The number of carbonyl (C=O) groups excluding carboxylic acids is 1. The van der Waals surface area contributed by atoms with Gasteiger partial charge in [-0.25, -0.2) is 4.79 Å². The molecule has 0 radical (unpaired) electrons. The molecule has 0 spiro atoms. The number of nitrogens with one attached hydrogen (secondary N) is 2. The third-order valence-electron chi connectivity index (χ3n) is 3.73. The fraction of sp³-hybridized carbons (Fsp3) is 0.923. The zero-order valence-electron chi connectivity index (χ0n) is 10.5. The summed E-state index contributed by atoms with van der Waals surface area (Å²) in [6, 6.07) is 0.359. The van der Waals surface area contributed by atoms with Gasteiger partial charge in [-0.2, -0.15) is 0 Å². The second kappa shape index (κ2) is 6.84. The van der Waals surface area contributed by atoms with Gasteiger partial charge in [-0.15, -0.1) is 0 Å². The Morgan fingerprint density at radius 3 is 2.41 bits per heavy atom. The van der Waals surface area contributed by atoms with Crippen LogP contribution in [-0.2, 0) is 4.74 Å². The van der Waals surface area contributed by atoms with Gasteiger partial charge in [0.1, 0.15) is 0 Å². The van der Waals surface area contributed by atoms with Crippen molar-refractivity contribution in [1.82, 2.24) is 10.6 Å². The number of urea groups is 1. The lowest BCUT2D eigenvalue weighted by Gasteiger charge is -2.14. The minimum Gasteiger partial charge on any atom is -0.376 e. The van der Waals surface area contributed by atoms with Gasteiger partial charge in [-0.3, -0.25) is 0 Å². The van der Waals surface area contributed by atoms with Crippen LogP contribution in [0.3, 0.4) is 0 Å². The first-order valence-corrected chi connectivity index (χ1v) is 7.00. The molecule has 0 aromatic heterocycles. The van der Waals surface area contributed by atoms with E-state index in [-0.39, 0.29) is 6.03 Å². The molecule has 0 aromatic rings. The van der Waals surface area contributed by atoms with Crippen LogP contribution < -0.4 is 10.6 Å². The van der Waals surface area contributed by atoms with Crippen LogP contribution in [0.5, 0.6) is 0 Å². The second-order valence-corrected chi connectivity index (χ2v) is 5.16. The molecule has 2 N–H and O–H groups in total. The lowest BCUT2D eigenvalue weighted by Crippen LogP contribution is -2.42. The van der Waals surface area contributed by atoms with Crippen LogP contribution in [-0.4, -0.2) is 31.3 Å². The van der Waals surface area contributed by atoms with Crippen LogP contribution in [0.15, 0.2) is 0 Å². The highest BCUT2D eigenvalue weighted by molar-refractivity contribution is 5.74. The van der Waals surface area contributed by atoms with Crippen LogP contribution in [0.4, 0.5) is 4.79 Å². The monoisotopic (exact) mass is 240 g/mol. The molecule has 4 heteroatoms. The molecule has 0 heterocycles. The van der Waals surface area contributed by atoms with Crippen LogP contribution in [0, 0.1) is 0 Å². The molecular weight excluding hydrogens is 216 g/mol. The quantitative estimate of drug-likeness (QED) is 0.724. The number of carbonyl (C=O) groups is 1. The molecular formula is C13H24N2O2. The molecule has 0 atom stereocenters. The lowest BCUT2D eigenvalue weighted by atomic mass is 10.2. The zero-order chi connectivity index (χ0) is 11.9. The Bertz CT molecular complexity index is 234. The Morgan fingerprint density at radius 1 is 1.06 bits per heavy atom. The number of rotatable bonds is 5. The standard InChI is InChI=1S/C13H24N2O2/c16-13(15-11-5-1-2-6-11)14-9-10-17-12-7-3-4-8-12/h11-12H,1-10H2,(H2,14,15,16). The van der Waals surface area contributed by atoms with E-state index in [9.17, 15) is 4.79 Å². The smallest absolute Gasteiger partial charge is 0.315 e. The number of ether oxygens (including phenoxy) is 1. The van der Waals surface area contributed by atoms with Gasteiger partial charge in [0.05, 0.1) is 12.7 Å². The van der Waals surface area contributed by atoms with Gasteiger partial charge in [0.2, 0.25) is 0 Å². The largest absolute Gasteiger partial charge is 0.376 e. The maximum Gasteiger partial charge on any atom is 0.315 e. The summed E-state index contributed by atoms with van der Waals surface area (Å²) in [6.07, 6.45) is 10.2. The SMILES string of the molecule is O=C(NCCOC1CCCC1)NC1CCCC1. The molecule has 2 saturated carbocycles. The van der Waals surface area contributed by atoms with Crippen molar-refractivity contribution < 1.29 is 9.53 Å². The molecule has 2 fully saturated rings. The lowest BCUT2D eigenvalue weighted by molar-refractivity contribution is 0.0613. The predicted molar refractivity (Wildman–Crippen MR) is 67.0 cm³/mol. The average molecular weight is 240 g/mol. The van der Waals surface area contributed by atoms with Gasteiger partial charge < -0.3 is 15.4 Å². The molecule has 0 bridgehead atoms. The fourth-order valence-corrected chi connectivity index (χ4v) is 2.75. The molecule has 0 aromatic carbocycles. The molecule has 17 heavy (non-hydrogen) atoms. The Kier molecular flexibility index (Phi) is 5.10. The molecule has 0 unspecified atom stereocenters. The Balaban J connectivity index is 1.47. The summed E-state index contributed by atoms with van der Waals surface area (Å²) in [6.45, 7) is 1.26. The highest BCUT2D eigenvalue weighted by Crippen LogP contribution is 2.20. The highest BCUT2D eigenvalue weighted by atomic mass is 16.5. The molecule has 0 aliphatic heterocycles. The van der Waals surface area contributed by atoms with E-state index in [2.05, 4.69) is 10.6 Å². The first-order valence-electron chi connectivity index (χ1n) is 7.00. The van der Waals surface area contributed by atoms with Crippen molar-refractivity contribution in [1.29, 1.82) is 0 Å². The van der Waals surface area contributed by atoms with Crippen molar-refractivity contribution in [3.8, 4) is 0 Å². The van der Waals surface area contributed by atoms with Gasteiger partial charge in [0, 0.05) is 12.6 Å². The van der Waals surface area contributed by atoms with Crippen molar-refractivity contribution in [2.24, 2.45) is 0 Å². The second-order valence-electron chi connectivity index (χ2n) is 5.16.